The van der Waals surface area contributed by atoms with Gasteiger partial charge in [0, 0.05) is 10.6 Å². The lowest BCUT2D eigenvalue weighted by Gasteiger charge is -2.05. The number of aryl methyl sites for hydroxylation is 1. The molecule has 0 aliphatic heterocycles. The second-order valence-corrected chi connectivity index (χ2v) is 5.94. The molecular weight excluding hydrogens is 357 g/mol. The minimum absolute atomic E-state index is 0.0673. The molecule has 1 aromatic carbocycles. The van der Waals surface area contributed by atoms with E-state index in [-0.39, 0.29) is 11.6 Å². The Balaban J connectivity index is 1.92. The molecule has 0 N–H and O–H groups in total. The Bertz CT molecular complexity index is 921. The van der Waals surface area contributed by atoms with Gasteiger partial charge in [-0.1, -0.05) is 28.4 Å². The first-order chi connectivity index (χ1) is 11.4. The van der Waals surface area contributed by atoms with Gasteiger partial charge in [-0.05, 0) is 32.0 Å². The van der Waals surface area contributed by atoms with Gasteiger partial charge in [0.1, 0.15) is 17.9 Å². The average molecular weight is 368 g/mol. The molecule has 24 heavy (non-hydrogen) atoms. The van der Waals surface area contributed by atoms with E-state index in [0.29, 0.717) is 27.1 Å². The summed E-state index contributed by atoms with van der Waals surface area (Å²) in [5, 5.41) is 19.8. The number of rotatable bonds is 4. The van der Waals surface area contributed by atoms with E-state index in [9.17, 15) is 10.1 Å². The monoisotopic (exact) mass is 367 g/mol. The maximum absolute atomic E-state index is 10.9. The summed E-state index contributed by atoms with van der Waals surface area (Å²) in [5.41, 5.74) is 0.820. The first kappa shape index (κ1) is 16.4. The number of hydrogen-bond donors (Lipinski definition) is 0. The molecule has 1 atom stereocenters. The van der Waals surface area contributed by atoms with E-state index in [1.807, 2.05) is 0 Å². The number of benzene rings is 1. The van der Waals surface area contributed by atoms with E-state index in [2.05, 4.69) is 15.2 Å². The van der Waals surface area contributed by atoms with Crippen molar-refractivity contribution < 1.29 is 9.45 Å². The van der Waals surface area contributed by atoms with E-state index < -0.39 is 11.0 Å². The van der Waals surface area contributed by atoms with Gasteiger partial charge in [0.15, 0.2) is 0 Å². The second-order valence-electron chi connectivity index (χ2n) is 5.09. The van der Waals surface area contributed by atoms with Crippen LogP contribution in [0.4, 0.5) is 5.69 Å². The maximum Gasteiger partial charge on any atom is 0.309 e. The van der Waals surface area contributed by atoms with Gasteiger partial charge in [0.05, 0.1) is 9.95 Å². The summed E-state index contributed by atoms with van der Waals surface area (Å²) in [6.45, 7) is 3.31. The molecule has 8 nitrogen and oxygen atoms in total. The van der Waals surface area contributed by atoms with Crippen LogP contribution in [0, 0.1) is 17.0 Å². The Hall–Kier alpha value is -2.45. The quantitative estimate of drug-likeness (QED) is 0.508. The smallest absolute Gasteiger partial charge is 0.309 e. The van der Waals surface area contributed by atoms with Crippen molar-refractivity contribution in [1.29, 1.82) is 0 Å². The highest BCUT2D eigenvalue weighted by atomic mass is 35.5. The Kier molecular flexibility index (Phi) is 4.25. The van der Waals surface area contributed by atoms with Gasteiger partial charge in [-0.2, -0.15) is 10.1 Å². The third kappa shape index (κ3) is 2.98. The van der Waals surface area contributed by atoms with Crippen molar-refractivity contribution in [3.05, 3.63) is 56.1 Å². The molecule has 0 fully saturated rings. The summed E-state index contributed by atoms with van der Waals surface area (Å²) in [6.07, 6.45) is 1.33. The van der Waals surface area contributed by atoms with E-state index in [4.69, 9.17) is 27.7 Å². The predicted octanol–water partition coefficient (Wildman–Crippen LogP) is 4.07. The Morgan fingerprint density at radius 3 is 2.75 bits per heavy atom. The number of aromatic nitrogens is 4. The molecule has 0 spiro atoms. The summed E-state index contributed by atoms with van der Waals surface area (Å²) in [4.78, 5) is 14.7. The third-order valence-electron chi connectivity index (χ3n) is 3.46. The van der Waals surface area contributed by atoms with Crippen molar-refractivity contribution in [3.63, 3.8) is 0 Å². The van der Waals surface area contributed by atoms with Gasteiger partial charge < -0.3 is 4.52 Å². The average Bonchev–Trinajstić information content (AvgIpc) is 3.13. The lowest BCUT2D eigenvalue weighted by Crippen LogP contribution is -2.08. The zero-order valence-corrected chi connectivity index (χ0v) is 14.1. The predicted molar refractivity (Wildman–Crippen MR) is 87.2 cm³/mol. The molecule has 1 unspecified atom stereocenters. The first-order valence-electron chi connectivity index (χ1n) is 6.86. The van der Waals surface area contributed by atoms with Gasteiger partial charge >= 0.3 is 5.69 Å². The molecule has 0 amide bonds. The van der Waals surface area contributed by atoms with Crippen LogP contribution in [0.3, 0.4) is 0 Å². The van der Waals surface area contributed by atoms with Gasteiger partial charge in [0.25, 0.3) is 5.89 Å². The molecule has 0 aliphatic rings. The van der Waals surface area contributed by atoms with Crippen LogP contribution in [0.5, 0.6) is 0 Å². The van der Waals surface area contributed by atoms with E-state index >= 15 is 0 Å². The highest BCUT2D eigenvalue weighted by molar-refractivity contribution is 6.36. The van der Waals surface area contributed by atoms with Crippen molar-refractivity contribution in [2.24, 2.45) is 0 Å². The first-order valence-corrected chi connectivity index (χ1v) is 7.61. The Morgan fingerprint density at radius 1 is 1.38 bits per heavy atom. The van der Waals surface area contributed by atoms with Crippen molar-refractivity contribution in [3.8, 4) is 11.4 Å². The van der Waals surface area contributed by atoms with Gasteiger partial charge in [-0.15, -0.1) is 0 Å². The fraction of sp³-hybridized carbons (Fsp3) is 0.214. The molecule has 3 aromatic rings. The molecule has 0 bridgehead atoms. The third-order valence-corrected chi connectivity index (χ3v) is 4.00. The van der Waals surface area contributed by atoms with Crippen LogP contribution in [-0.4, -0.2) is 24.8 Å². The largest absolute Gasteiger partial charge is 0.337 e. The molecule has 2 heterocycles. The van der Waals surface area contributed by atoms with Gasteiger partial charge in [-0.25, -0.2) is 0 Å². The Labute approximate surface area is 146 Å². The van der Waals surface area contributed by atoms with Crippen LogP contribution >= 0.6 is 23.2 Å². The Morgan fingerprint density at radius 2 is 2.12 bits per heavy atom. The van der Waals surface area contributed by atoms with Crippen LogP contribution in [-0.2, 0) is 0 Å². The molecule has 3 rings (SSSR count). The van der Waals surface area contributed by atoms with Crippen LogP contribution in [0.25, 0.3) is 11.4 Å². The lowest BCUT2D eigenvalue weighted by atomic mass is 10.2. The van der Waals surface area contributed by atoms with Crippen LogP contribution in [0.1, 0.15) is 24.6 Å². The van der Waals surface area contributed by atoms with Crippen molar-refractivity contribution in [2.45, 2.75) is 19.9 Å². The molecule has 2 aromatic heterocycles. The van der Waals surface area contributed by atoms with Gasteiger partial charge in [-0.3, -0.25) is 14.8 Å². The highest BCUT2D eigenvalue weighted by Gasteiger charge is 2.23. The molecule has 10 heteroatoms. The van der Waals surface area contributed by atoms with E-state index in [1.54, 1.807) is 32.0 Å². The summed E-state index contributed by atoms with van der Waals surface area (Å²) >= 11 is 12.0. The highest BCUT2D eigenvalue weighted by Crippen LogP contribution is 2.30. The molecule has 124 valence electrons. The van der Waals surface area contributed by atoms with E-state index in [0.717, 1.165) is 0 Å². The molecule has 0 saturated carbocycles. The van der Waals surface area contributed by atoms with Crippen LogP contribution < -0.4 is 0 Å². The minimum Gasteiger partial charge on any atom is -0.337 e. The molecule has 0 aliphatic carbocycles. The summed E-state index contributed by atoms with van der Waals surface area (Å²) < 4.78 is 6.66. The molecular formula is C14H11Cl2N5O3. The summed E-state index contributed by atoms with van der Waals surface area (Å²) in [5.74, 6) is 0.560. The summed E-state index contributed by atoms with van der Waals surface area (Å²) in [7, 11) is 0. The SMILES string of the molecule is Cc1nn(C(C)c2nc(-c3ccc(Cl)cc3Cl)no2)cc1[N+](=O)[O-]. The van der Waals surface area contributed by atoms with Gasteiger partial charge in [0.2, 0.25) is 5.82 Å². The maximum atomic E-state index is 10.9. The topological polar surface area (TPSA) is 99.9 Å². The molecule has 0 saturated heterocycles. The van der Waals surface area contributed by atoms with Crippen molar-refractivity contribution in [1.82, 2.24) is 19.9 Å². The minimum atomic E-state index is -0.488. The van der Waals surface area contributed by atoms with E-state index in [1.165, 1.54) is 10.9 Å². The second kappa shape index (κ2) is 6.21. The van der Waals surface area contributed by atoms with Crippen molar-refractivity contribution in [2.75, 3.05) is 0 Å². The zero-order chi connectivity index (χ0) is 17.4. The molecule has 0 radical (unpaired) electrons. The lowest BCUT2D eigenvalue weighted by molar-refractivity contribution is -0.385. The van der Waals surface area contributed by atoms with Crippen molar-refractivity contribution >= 4 is 28.9 Å². The standard InChI is InChI=1S/C14H11Cl2N5O3/c1-7-12(21(22)23)6-20(18-7)8(2)14-17-13(19-24-14)10-4-3-9(15)5-11(10)16/h3-6,8H,1-2H3. The number of halogens is 2. The normalized spacial score (nSPS) is 12.3. The fourth-order valence-electron chi connectivity index (χ4n) is 2.15. The number of hydrogen-bond acceptors (Lipinski definition) is 6. The number of nitro groups is 1. The van der Waals surface area contributed by atoms with Crippen LogP contribution in [0.15, 0.2) is 28.9 Å². The zero-order valence-electron chi connectivity index (χ0n) is 12.6. The number of nitrogens with zero attached hydrogens (tertiary/aromatic N) is 5. The fourth-order valence-corrected chi connectivity index (χ4v) is 2.64. The summed E-state index contributed by atoms with van der Waals surface area (Å²) in [6, 6.07) is 4.47. The van der Waals surface area contributed by atoms with Crippen LogP contribution in [0.2, 0.25) is 10.0 Å².